The zero-order valence-electron chi connectivity index (χ0n) is 15.3. The third kappa shape index (κ3) is 4.31. The summed E-state index contributed by atoms with van der Waals surface area (Å²) in [5.74, 6) is -0.0925. The van der Waals surface area contributed by atoms with Crippen molar-refractivity contribution in [2.75, 3.05) is 26.2 Å². The van der Waals surface area contributed by atoms with Crippen LogP contribution in [0.2, 0.25) is 0 Å². The molecule has 0 aliphatic carbocycles. The molecule has 4 rings (SSSR count). The van der Waals surface area contributed by atoms with E-state index >= 15 is 0 Å². The van der Waals surface area contributed by atoms with E-state index in [2.05, 4.69) is 25.2 Å². The van der Waals surface area contributed by atoms with E-state index in [1.807, 2.05) is 22.8 Å². The summed E-state index contributed by atoms with van der Waals surface area (Å²) in [4.78, 5) is 28.0. The molecule has 3 aromatic rings. The van der Waals surface area contributed by atoms with Crippen molar-refractivity contribution in [2.45, 2.75) is 25.8 Å². The number of fused-ring (bicyclic) bond motifs is 1. The summed E-state index contributed by atoms with van der Waals surface area (Å²) in [7, 11) is 0. The maximum atomic E-state index is 12.4. The molecular formula is C20H24N6O. The molecule has 1 fully saturated rings. The van der Waals surface area contributed by atoms with E-state index < -0.39 is 0 Å². The Morgan fingerprint density at radius 2 is 2.04 bits per heavy atom. The van der Waals surface area contributed by atoms with E-state index in [4.69, 9.17) is 0 Å². The first-order valence-electron chi connectivity index (χ1n) is 9.51. The lowest BCUT2D eigenvalue weighted by Crippen LogP contribution is -2.28. The first-order valence-corrected chi connectivity index (χ1v) is 9.51. The molecule has 1 aliphatic rings. The number of hydrogen-bond acceptors (Lipinski definition) is 5. The standard InChI is InChI=1S/C20H24N6O/c27-20(22-8-5-11-25-9-3-4-10-25)16-12-18-19(23-13-16)26(15-24-18)14-17-6-1-2-7-21-17/h1-2,6-7,12-13,15H,3-5,8-11,14H2,(H,22,27). The molecular weight excluding hydrogens is 340 g/mol. The summed E-state index contributed by atoms with van der Waals surface area (Å²) in [6.07, 6.45) is 8.70. The third-order valence-electron chi connectivity index (χ3n) is 4.91. The minimum absolute atomic E-state index is 0.0925. The average Bonchev–Trinajstić information content (AvgIpc) is 3.36. The molecule has 0 aromatic carbocycles. The van der Waals surface area contributed by atoms with Crippen molar-refractivity contribution in [1.82, 2.24) is 29.7 Å². The fourth-order valence-electron chi connectivity index (χ4n) is 3.47. The number of hydrogen-bond donors (Lipinski definition) is 1. The van der Waals surface area contributed by atoms with Crippen LogP contribution in [-0.4, -0.2) is 56.5 Å². The number of aromatic nitrogens is 4. The summed E-state index contributed by atoms with van der Waals surface area (Å²) in [5.41, 5.74) is 2.96. The van der Waals surface area contributed by atoms with Gasteiger partial charge in [0.05, 0.1) is 24.1 Å². The van der Waals surface area contributed by atoms with E-state index in [-0.39, 0.29) is 5.91 Å². The molecule has 0 bridgehead atoms. The molecule has 27 heavy (non-hydrogen) atoms. The quantitative estimate of drug-likeness (QED) is 0.650. The Bertz CT molecular complexity index is 901. The molecule has 4 heterocycles. The Kier molecular flexibility index (Phi) is 5.39. The Morgan fingerprint density at radius 1 is 1.15 bits per heavy atom. The highest BCUT2D eigenvalue weighted by Crippen LogP contribution is 2.13. The smallest absolute Gasteiger partial charge is 0.252 e. The highest BCUT2D eigenvalue weighted by Gasteiger charge is 2.12. The van der Waals surface area contributed by atoms with Gasteiger partial charge in [0.25, 0.3) is 5.91 Å². The van der Waals surface area contributed by atoms with Crippen LogP contribution in [0.3, 0.4) is 0 Å². The summed E-state index contributed by atoms with van der Waals surface area (Å²) < 4.78 is 1.94. The lowest BCUT2D eigenvalue weighted by atomic mass is 10.2. The van der Waals surface area contributed by atoms with Gasteiger partial charge in [-0.15, -0.1) is 0 Å². The van der Waals surface area contributed by atoms with E-state index in [0.29, 0.717) is 18.7 Å². The molecule has 0 radical (unpaired) electrons. The molecule has 7 heteroatoms. The lowest BCUT2D eigenvalue weighted by Gasteiger charge is -2.14. The summed E-state index contributed by atoms with van der Waals surface area (Å²) in [6.45, 7) is 4.72. The van der Waals surface area contributed by atoms with Crippen LogP contribution < -0.4 is 5.32 Å². The SMILES string of the molecule is O=C(NCCCN1CCCC1)c1cnc2c(c1)ncn2Cc1ccccn1. The van der Waals surface area contributed by atoms with Gasteiger partial charge in [-0.05, 0) is 57.1 Å². The summed E-state index contributed by atoms with van der Waals surface area (Å²) in [5, 5.41) is 2.98. The van der Waals surface area contributed by atoms with E-state index in [0.717, 1.165) is 29.8 Å². The number of imidazole rings is 1. The third-order valence-corrected chi connectivity index (χ3v) is 4.91. The van der Waals surface area contributed by atoms with Gasteiger partial charge in [-0.25, -0.2) is 9.97 Å². The molecule has 1 amide bonds. The number of pyridine rings is 2. The van der Waals surface area contributed by atoms with E-state index in [1.54, 1.807) is 24.8 Å². The first kappa shape index (κ1) is 17.6. The number of rotatable bonds is 7. The van der Waals surface area contributed by atoms with Crippen molar-refractivity contribution >= 4 is 17.1 Å². The lowest BCUT2D eigenvalue weighted by molar-refractivity contribution is 0.0952. The van der Waals surface area contributed by atoms with Crippen LogP contribution in [0, 0.1) is 0 Å². The van der Waals surface area contributed by atoms with Gasteiger partial charge >= 0.3 is 0 Å². The first-order chi connectivity index (χ1) is 13.3. The number of carbonyl (C=O) groups excluding carboxylic acids is 1. The minimum atomic E-state index is -0.0925. The molecule has 0 saturated carbocycles. The second kappa shape index (κ2) is 8.26. The van der Waals surface area contributed by atoms with Crippen molar-refractivity contribution in [2.24, 2.45) is 0 Å². The van der Waals surface area contributed by atoms with Gasteiger partial charge in [-0.1, -0.05) is 6.07 Å². The predicted molar refractivity (Wildman–Crippen MR) is 103 cm³/mol. The van der Waals surface area contributed by atoms with Crippen molar-refractivity contribution in [1.29, 1.82) is 0 Å². The van der Waals surface area contributed by atoms with Crippen LogP contribution in [0.15, 0.2) is 43.0 Å². The Labute approximate surface area is 158 Å². The maximum Gasteiger partial charge on any atom is 0.252 e. The number of amides is 1. The fraction of sp³-hybridized carbons (Fsp3) is 0.400. The van der Waals surface area contributed by atoms with Gasteiger partial charge in [0.1, 0.15) is 5.52 Å². The second-order valence-electron chi connectivity index (χ2n) is 6.92. The number of carbonyl (C=O) groups is 1. The number of likely N-dealkylation sites (tertiary alicyclic amines) is 1. The molecule has 0 atom stereocenters. The largest absolute Gasteiger partial charge is 0.352 e. The molecule has 1 N–H and O–H groups in total. The Morgan fingerprint density at radius 3 is 2.85 bits per heavy atom. The second-order valence-corrected chi connectivity index (χ2v) is 6.92. The number of nitrogens with zero attached hydrogens (tertiary/aromatic N) is 5. The van der Waals surface area contributed by atoms with Gasteiger partial charge in [-0.3, -0.25) is 9.78 Å². The van der Waals surface area contributed by atoms with Crippen LogP contribution in [0.1, 0.15) is 35.3 Å². The minimum Gasteiger partial charge on any atom is -0.352 e. The monoisotopic (exact) mass is 364 g/mol. The van der Waals surface area contributed by atoms with Gasteiger partial charge in [0.2, 0.25) is 0 Å². The van der Waals surface area contributed by atoms with Crippen molar-refractivity contribution in [3.05, 3.63) is 54.2 Å². The number of nitrogens with one attached hydrogen (secondary N) is 1. The summed E-state index contributed by atoms with van der Waals surface area (Å²) in [6, 6.07) is 7.62. The zero-order valence-corrected chi connectivity index (χ0v) is 15.3. The zero-order chi connectivity index (χ0) is 18.5. The molecule has 3 aromatic heterocycles. The highest BCUT2D eigenvalue weighted by atomic mass is 16.1. The van der Waals surface area contributed by atoms with Crippen molar-refractivity contribution in [3.63, 3.8) is 0 Å². The Balaban J connectivity index is 1.36. The van der Waals surface area contributed by atoms with E-state index in [1.165, 1.54) is 25.9 Å². The van der Waals surface area contributed by atoms with Crippen LogP contribution in [0.25, 0.3) is 11.2 Å². The van der Waals surface area contributed by atoms with Crippen molar-refractivity contribution < 1.29 is 4.79 Å². The fourth-order valence-corrected chi connectivity index (χ4v) is 3.47. The van der Waals surface area contributed by atoms with Gasteiger partial charge in [0.15, 0.2) is 5.65 Å². The molecule has 1 aliphatic heterocycles. The predicted octanol–water partition coefficient (Wildman–Crippen LogP) is 2.09. The molecule has 0 spiro atoms. The van der Waals surface area contributed by atoms with E-state index in [9.17, 15) is 4.79 Å². The average molecular weight is 364 g/mol. The van der Waals surface area contributed by atoms with Crippen LogP contribution >= 0.6 is 0 Å². The van der Waals surface area contributed by atoms with Crippen LogP contribution in [0.4, 0.5) is 0 Å². The van der Waals surface area contributed by atoms with Crippen molar-refractivity contribution in [3.8, 4) is 0 Å². The normalized spacial score (nSPS) is 14.7. The maximum absolute atomic E-state index is 12.4. The van der Waals surface area contributed by atoms with Crippen LogP contribution in [-0.2, 0) is 6.54 Å². The molecule has 140 valence electrons. The van der Waals surface area contributed by atoms with Crippen LogP contribution in [0.5, 0.6) is 0 Å². The van der Waals surface area contributed by atoms with Gasteiger partial charge in [-0.2, -0.15) is 0 Å². The Hall–Kier alpha value is -2.80. The molecule has 7 nitrogen and oxygen atoms in total. The summed E-state index contributed by atoms with van der Waals surface area (Å²) >= 11 is 0. The topological polar surface area (TPSA) is 75.9 Å². The molecule has 1 saturated heterocycles. The molecule has 0 unspecified atom stereocenters. The van der Waals surface area contributed by atoms with Gasteiger partial charge < -0.3 is 14.8 Å². The van der Waals surface area contributed by atoms with Gasteiger partial charge in [0, 0.05) is 18.9 Å². The highest BCUT2D eigenvalue weighted by molar-refractivity contribution is 5.96.